The quantitative estimate of drug-likeness (QED) is 0.544. The van der Waals surface area contributed by atoms with Crippen molar-refractivity contribution in [1.82, 2.24) is 0 Å². The van der Waals surface area contributed by atoms with E-state index in [0.717, 1.165) is 16.4 Å². The van der Waals surface area contributed by atoms with Crippen LogP contribution in [0, 0.1) is 11.6 Å². The molecule has 1 aliphatic heterocycles. The van der Waals surface area contributed by atoms with Crippen LogP contribution in [0.2, 0.25) is 0 Å². The number of rotatable bonds is 1. The summed E-state index contributed by atoms with van der Waals surface area (Å²) in [5.74, 6) is 1.20. The van der Waals surface area contributed by atoms with Crippen molar-refractivity contribution in [2.75, 3.05) is 11.5 Å². The third-order valence-electron chi connectivity index (χ3n) is 2.57. The van der Waals surface area contributed by atoms with Crippen LogP contribution >= 0.6 is 15.9 Å². The molecule has 0 unspecified atom stereocenters. The summed E-state index contributed by atoms with van der Waals surface area (Å²) in [7, 11) is 0.0623. The van der Waals surface area contributed by atoms with Gasteiger partial charge in [0.15, 0.2) is 4.90 Å². The number of hydrogen-bond acceptors (Lipinski definition) is 0. The van der Waals surface area contributed by atoms with E-state index < -0.39 is 11.6 Å². The topological polar surface area (TPSA) is 0 Å². The first kappa shape index (κ1) is 11.4. The molecule has 1 aromatic carbocycles. The highest BCUT2D eigenvalue weighted by atomic mass is 79.9. The lowest BCUT2D eigenvalue weighted by atomic mass is 10.3. The predicted molar refractivity (Wildman–Crippen MR) is 63.3 cm³/mol. The molecule has 1 fully saturated rings. The van der Waals surface area contributed by atoms with Crippen molar-refractivity contribution in [3.8, 4) is 0 Å². The normalized spacial score (nSPS) is 18.1. The Morgan fingerprint density at radius 2 is 1.53 bits per heavy atom. The molecule has 1 heterocycles. The molecule has 0 atom stereocenters. The molecule has 1 aliphatic rings. The second-order valence-electron chi connectivity index (χ2n) is 3.66. The summed E-state index contributed by atoms with van der Waals surface area (Å²) in [4.78, 5) is 0.841. The van der Waals surface area contributed by atoms with Crippen LogP contribution < -0.4 is 0 Å². The molecule has 1 aromatic rings. The number of hydrogen-bond donors (Lipinski definition) is 0. The zero-order chi connectivity index (χ0) is 10.8. The number of halogens is 3. The summed E-state index contributed by atoms with van der Waals surface area (Å²) in [6.07, 6.45) is 3.62. The summed E-state index contributed by atoms with van der Waals surface area (Å²) in [5.41, 5.74) is 0. The SMILES string of the molecule is Fc1cc([S+]2CCCCC2)cc(F)c1Br. The van der Waals surface area contributed by atoms with Crippen molar-refractivity contribution in [3.63, 3.8) is 0 Å². The van der Waals surface area contributed by atoms with E-state index in [2.05, 4.69) is 15.9 Å². The Morgan fingerprint density at radius 1 is 1.00 bits per heavy atom. The van der Waals surface area contributed by atoms with Gasteiger partial charge in [0.05, 0.1) is 4.47 Å². The molecular weight excluding hydrogens is 282 g/mol. The van der Waals surface area contributed by atoms with Crippen molar-refractivity contribution >= 4 is 26.8 Å². The third kappa shape index (κ3) is 2.53. The summed E-state index contributed by atoms with van der Waals surface area (Å²) in [5, 5.41) is 0. The largest absolute Gasteiger partial charge is 0.205 e. The van der Waals surface area contributed by atoms with Crippen LogP contribution in [0.5, 0.6) is 0 Å². The van der Waals surface area contributed by atoms with Gasteiger partial charge in [0.2, 0.25) is 0 Å². The van der Waals surface area contributed by atoms with Crippen molar-refractivity contribution < 1.29 is 8.78 Å². The van der Waals surface area contributed by atoms with Gasteiger partial charge in [0, 0.05) is 23.0 Å². The Balaban J connectivity index is 2.27. The molecule has 0 N–H and O–H groups in total. The van der Waals surface area contributed by atoms with Gasteiger partial charge in [-0.05, 0) is 35.2 Å². The van der Waals surface area contributed by atoms with E-state index in [0.29, 0.717) is 0 Å². The van der Waals surface area contributed by atoms with E-state index in [1.54, 1.807) is 0 Å². The Morgan fingerprint density at radius 3 is 2.07 bits per heavy atom. The van der Waals surface area contributed by atoms with Crippen LogP contribution in [0.25, 0.3) is 0 Å². The van der Waals surface area contributed by atoms with Gasteiger partial charge in [-0.15, -0.1) is 0 Å². The fraction of sp³-hybridized carbons (Fsp3) is 0.455. The van der Waals surface area contributed by atoms with E-state index in [4.69, 9.17) is 0 Å². The van der Waals surface area contributed by atoms with Gasteiger partial charge in [-0.2, -0.15) is 0 Å². The van der Waals surface area contributed by atoms with Gasteiger partial charge in [0.1, 0.15) is 23.1 Å². The molecule has 15 heavy (non-hydrogen) atoms. The molecule has 0 nitrogen and oxygen atoms in total. The molecule has 2 rings (SSSR count). The van der Waals surface area contributed by atoms with Gasteiger partial charge < -0.3 is 0 Å². The second kappa shape index (κ2) is 4.83. The van der Waals surface area contributed by atoms with Crippen molar-refractivity contribution in [1.29, 1.82) is 0 Å². The maximum atomic E-state index is 13.3. The van der Waals surface area contributed by atoms with E-state index in [1.807, 2.05) is 0 Å². The Kier molecular flexibility index (Phi) is 3.67. The Bertz CT molecular complexity index is 339. The minimum Gasteiger partial charge on any atom is -0.205 e. The molecule has 0 spiro atoms. The molecule has 4 heteroatoms. The van der Waals surface area contributed by atoms with Crippen LogP contribution in [-0.4, -0.2) is 11.5 Å². The van der Waals surface area contributed by atoms with E-state index in [9.17, 15) is 8.78 Å². The van der Waals surface area contributed by atoms with Crippen molar-refractivity contribution in [2.24, 2.45) is 0 Å². The van der Waals surface area contributed by atoms with Crippen molar-refractivity contribution in [3.05, 3.63) is 28.2 Å². The lowest BCUT2D eigenvalue weighted by Crippen LogP contribution is -2.18. The zero-order valence-corrected chi connectivity index (χ0v) is 10.6. The molecule has 1 saturated heterocycles. The zero-order valence-electron chi connectivity index (χ0n) is 8.23. The van der Waals surface area contributed by atoms with Gasteiger partial charge in [0.25, 0.3) is 0 Å². The molecular formula is C11H12BrF2S+. The molecule has 0 saturated carbocycles. The van der Waals surface area contributed by atoms with Crippen LogP contribution in [0.15, 0.2) is 21.5 Å². The van der Waals surface area contributed by atoms with Crippen LogP contribution in [0.3, 0.4) is 0 Å². The summed E-state index contributed by atoms with van der Waals surface area (Å²) in [6, 6.07) is 2.95. The minimum atomic E-state index is -0.483. The Hall–Kier alpha value is -0.0900. The lowest BCUT2D eigenvalue weighted by molar-refractivity contribution is 0.565. The maximum Gasteiger partial charge on any atom is 0.160 e. The monoisotopic (exact) mass is 293 g/mol. The first-order valence-electron chi connectivity index (χ1n) is 5.00. The van der Waals surface area contributed by atoms with E-state index >= 15 is 0 Å². The van der Waals surface area contributed by atoms with Crippen LogP contribution in [0.1, 0.15) is 19.3 Å². The highest BCUT2D eigenvalue weighted by Crippen LogP contribution is 2.27. The van der Waals surface area contributed by atoms with Gasteiger partial charge >= 0.3 is 0 Å². The van der Waals surface area contributed by atoms with Gasteiger partial charge in [-0.3, -0.25) is 0 Å². The van der Waals surface area contributed by atoms with Gasteiger partial charge in [-0.25, -0.2) is 8.78 Å². The molecule has 0 aliphatic carbocycles. The fourth-order valence-corrected chi connectivity index (χ4v) is 4.32. The third-order valence-corrected chi connectivity index (χ3v) is 5.80. The molecule has 0 amide bonds. The first-order chi connectivity index (χ1) is 7.18. The first-order valence-corrected chi connectivity index (χ1v) is 7.36. The molecule has 82 valence electrons. The Labute approximate surface area is 99.5 Å². The van der Waals surface area contributed by atoms with E-state index in [1.165, 1.54) is 31.4 Å². The second-order valence-corrected chi connectivity index (χ2v) is 6.73. The average Bonchev–Trinajstić information content (AvgIpc) is 2.26. The molecule has 0 radical (unpaired) electrons. The minimum absolute atomic E-state index is 0.0492. The van der Waals surface area contributed by atoms with E-state index in [-0.39, 0.29) is 15.4 Å². The number of benzene rings is 1. The predicted octanol–water partition coefficient (Wildman–Crippen LogP) is 3.89. The van der Waals surface area contributed by atoms with Crippen LogP contribution in [-0.2, 0) is 10.9 Å². The van der Waals surface area contributed by atoms with Crippen molar-refractivity contribution in [2.45, 2.75) is 24.2 Å². The molecule has 0 aromatic heterocycles. The molecule has 0 bridgehead atoms. The summed E-state index contributed by atoms with van der Waals surface area (Å²) in [6.45, 7) is 0. The lowest BCUT2D eigenvalue weighted by Gasteiger charge is -2.13. The fourth-order valence-electron chi connectivity index (χ4n) is 1.77. The summed E-state index contributed by atoms with van der Waals surface area (Å²) < 4.78 is 26.6. The smallest absolute Gasteiger partial charge is 0.160 e. The van der Waals surface area contributed by atoms with Gasteiger partial charge in [-0.1, -0.05) is 0 Å². The summed E-state index contributed by atoms with van der Waals surface area (Å²) >= 11 is 2.89. The maximum absolute atomic E-state index is 13.3. The standard InChI is InChI=1S/C11H12BrF2S/c12-11-9(13)6-8(7-10(11)14)15-4-2-1-3-5-15/h6-7H,1-5H2/q+1. The van der Waals surface area contributed by atoms with Crippen LogP contribution in [0.4, 0.5) is 8.78 Å². The highest BCUT2D eigenvalue weighted by Gasteiger charge is 2.26. The highest BCUT2D eigenvalue weighted by molar-refractivity contribution is 9.10. The average molecular weight is 294 g/mol.